The van der Waals surface area contributed by atoms with E-state index in [1.54, 1.807) is 29.2 Å². The van der Waals surface area contributed by atoms with Crippen molar-refractivity contribution in [3.63, 3.8) is 0 Å². The van der Waals surface area contributed by atoms with E-state index >= 15 is 0 Å². The number of anilines is 1. The molecule has 0 spiro atoms. The Morgan fingerprint density at radius 1 is 0.950 bits per heavy atom. The van der Waals surface area contributed by atoms with Crippen molar-refractivity contribution < 1.29 is 14.0 Å². The number of carbonyl (C=O) groups is 2. The summed E-state index contributed by atoms with van der Waals surface area (Å²) in [6, 6.07) is 25.5. The predicted octanol–water partition coefficient (Wildman–Crippen LogP) is 6.58. The average Bonchev–Trinajstić information content (AvgIpc) is 3.08. The number of hydrogen-bond acceptors (Lipinski definition) is 4. The third-order valence-corrected chi connectivity index (χ3v) is 8.85. The number of fused-ring (bicyclic) bond motifs is 3. The molecule has 0 atom stereocenters. The molecule has 0 aromatic heterocycles. The molecule has 2 heterocycles. The Labute approximate surface area is 241 Å². The fraction of sp³-hybridized carbons (Fsp3) is 0.188. The largest absolute Gasteiger partial charge is 0.351 e. The molecule has 8 heteroatoms. The van der Waals surface area contributed by atoms with E-state index in [9.17, 15) is 14.0 Å². The quantitative estimate of drug-likeness (QED) is 0.284. The predicted molar refractivity (Wildman–Crippen MR) is 157 cm³/mol. The Kier molecular flexibility index (Phi) is 7.61. The second-order valence-electron chi connectivity index (χ2n) is 9.96. The average molecular weight is 572 g/mol. The second-order valence-corrected chi connectivity index (χ2v) is 11.4. The summed E-state index contributed by atoms with van der Waals surface area (Å²) in [4.78, 5) is 32.6. The van der Waals surface area contributed by atoms with Gasteiger partial charge >= 0.3 is 0 Å². The van der Waals surface area contributed by atoms with Crippen LogP contribution in [0.1, 0.15) is 37.4 Å². The highest BCUT2D eigenvalue weighted by molar-refractivity contribution is 7.99. The third-order valence-electron chi connectivity index (χ3n) is 7.36. The molecule has 1 N–H and O–H groups in total. The van der Waals surface area contributed by atoms with Crippen LogP contribution in [0.25, 0.3) is 0 Å². The van der Waals surface area contributed by atoms with E-state index < -0.39 is 5.82 Å². The normalized spacial score (nSPS) is 14.7. The smallest absolute Gasteiger partial charge is 0.259 e. The van der Waals surface area contributed by atoms with Crippen LogP contribution < -0.4 is 10.2 Å². The van der Waals surface area contributed by atoms with Gasteiger partial charge in [-0.2, -0.15) is 0 Å². The topological polar surface area (TPSA) is 52.7 Å². The maximum atomic E-state index is 13.8. The standard InChI is InChI=1S/C32H27ClFN3O2S/c33-27-18-25(34)11-9-24(27)20-37-28-17-22(10-12-30(28)40-29-8-4-3-7-26(29)32(37)39)31(38)35-14-16-36-15-13-21-5-1-2-6-23(21)19-36/h1-12,17-18H,13-16,19-20H2,(H,35,38). The molecular formula is C32H27ClFN3O2S. The number of amides is 2. The van der Waals surface area contributed by atoms with E-state index in [0.29, 0.717) is 28.9 Å². The van der Waals surface area contributed by atoms with Crippen LogP contribution in [0, 0.1) is 5.82 Å². The molecule has 0 aliphatic carbocycles. The van der Waals surface area contributed by atoms with E-state index in [1.807, 2.05) is 24.3 Å². The molecule has 2 amide bonds. The van der Waals surface area contributed by atoms with Gasteiger partial charge < -0.3 is 10.2 Å². The molecule has 5 nitrogen and oxygen atoms in total. The molecule has 4 aromatic rings. The van der Waals surface area contributed by atoms with Crippen LogP contribution >= 0.6 is 23.4 Å². The molecule has 202 valence electrons. The summed E-state index contributed by atoms with van der Waals surface area (Å²) in [5.74, 6) is -0.839. The van der Waals surface area contributed by atoms with Crippen LogP contribution in [0.5, 0.6) is 0 Å². The molecule has 2 aliphatic heterocycles. The number of nitrogens with zero attached hydrogens (tertiary/aromatic N) is 2. The van der Waals surface area contributed by atoms with Crippen LogP contribution in [0.2, 0.25) is 5.02 Å². The first-order valence-electron chi connectivity index (χ1n) is 13.2. The van der Waals surface area contributed by atoms with Crippen molar-refractivity contribution in [1.29, 1.82) is 0 Å². The number of halogens is 2. The Hall–Kier alpha value is -3.65. The molecule has 6 rings (SSSR count). The molecular weight excluding hydrogens is 545 g/mol. The van der Waals surface area contributed by atoms with Gasteiger partial charge in [0.05, 0.1) is 17.8 Å². The zero-order chi connectivity index (χ0) is 27.6. The van der Waals surface area contributed by atoms with Gasteiger partial charge in [0.2, 0.25) is 0 Å². The number of benzene rings is 4. The number of nitrogens with one attached hydrogen (secondary N) is 1. The van der Waals surface area contributed by atoms with Crippen LogP contribution in [0.15, 0.2) is 94.7 Å². The van der Waals surface area contributed by atoms with Crippen molar-refractivity contribution >= 4 is 40.9 Å². The van der Waals surface area contributed by atoms with Gasteiger partial charge in [0.25, 0.3) is 11.8 Å². The van der Waals surface area contributed by atoms with Crippen molar-refractivity contribution in [3.05, 3.63) is 124 Å². The van der Waals surface area contributed by atoms with Gasteiger partial charge in [0.1, 0.15) is 5.82 Å². The minimum Gasteiger partial charge on any atom is -0.351 e. The van der Waals surface area contributed by atoms with E-state index in [0.717, 1.165) is 35.8 Å². The van der Waals surface area contributed by atoms with Gasteiger partial charge in [-0.05, 0) is 65.6 Å². The van der Waals surface area contributed by atoms with Crippen molar-refractivity contribution in [3.8, 4) is 0 Å². The highest BCUT2D eigenvalue weighted by Crippen LogP contribution is 2.42. The summed E-state index contributed by atoms with van der Waals surface area (Å²) in [6.07, 6.45) is 1.01. The Bertz CT molecular complexity index is 1610. The molecule has 0 radical (unpaired) electrons. The first kappa shape index (κ1) is 26.6. The molecule has 0 fully saturated rings. The third kappa shape index (κ3) is 5.50. The molecule has 40 heavy (non-hydrogen) atoms. The lowest BCUT2D eigenvalue weighted by atomic mass is 10.00. The zero-order valence-electron chi connectivity index (χ0n) is 21.7. The lowest BCUT2D eigenvalue weighted by molar-refractivity contribution is 0.0944. The van der Waals surface area contributed by atoms with E-state index in [1.165, 1.54) is 35.0 Å². The van der Waals surface area contributed by atoms with Crippen LogP contribution in [-0.4, -0.2) is 36.3 Å². The summed E-state index contributed by atoms with van der Waals surface area (Å²) >= 11 is 7.83. The van der Waals surface area contributed by atoms with Gasteiger partial charge in [0, 0.05) is 46.6 Å². The summed E-state index contributed by atoms with van der Waals surface area (Å²) in [7, 11) is 0. The van der Waals surface area contributed by atoms with Crippen LogP contribution in [0.3, 0.4) is 0 Å². The van der Waals surface area contributed by atoms with Crippen molar-refractivity contribution in [2.75, 3.05) is 24.5 Å². The van der Waals surface area contributed by atoms with E-state index in [2.05, 4.69) is 34.5 Å². The highest BCUT2D eigenvalue weighted by atomic mass is 35.5. The fourth-order valence-electron chi connectivity index (χ4n) is 5.21. The summed E-state index contributed by atoms with van der Waals surface area (Å²) in [5.41, 5.74) is 5.01. The number of hydrogen-bond donors (Lipinski definition) is 1. The van der Waals surface area contributed by atoms with Gasteiger partial charge in [-0.1, -0.05) is 65.8 Å². The summed E-state index contributed by atoms with van der Waals surface area (Å²) < 4.78 is 13.7. The van der Waals surface area contributed by atoms with Gasteiger partial charge in [-0.15, -0.1) is 0 Å². The van der Waals surface area contributed by atoms with Crippen molar-refractivity contribution in [2.45, 2.75) is 29.3 Å². The monoisotopic (exact) mass is 571 g/mol. The maximum absolute atomic E-state index is 13.8. The minimum absolute atomic E-state index is 0.140. The molecule has 0 saturated heterocycles. The zero-order valence-corrected chi connectivity index (χ0v) is 23.3. The molecule has 0 saturated carbocycles. The summed E-state index contributed by atoms with van der Waals surface area (Å²) in [6.45, 7) is 3.26. The first-order valence-corrected chi connectivity index (χ1v) is 14.4. The minimum atomic E-state index is -0.440. The maximum Gasteiger partial charge on any atom is 0.259 e. The van der Waals surface area contributed by atoms with Crippen molar-refractivity contribution in [1.82, 2.24) is 10.2 Å². The fourth-order valence-corrected chi connectivity index (χ4v) is 6.50. The van der Waals surface area contributed by atoms with E-state index in [-0.39, 0.29) is 23.4 Å². The highest BCUT2D eigenvalue weighted by Gasteiger charge is 2.29. The molecule has 2 aliphatic rings. The lowest BCUT2D eigenvalue weighted by Crippen LogP contribution is -2.38. The van der Waals surface area contributed by atoms with E-state index in [4.69, 9.17) is 11.6 Å². The first-order chi connectivity index (χ1) is 19.5. The van der Waals surface area contributed by atoms with Crippen molar-refractivity contribution in [2.24, 2.45) is 0 Å². The molecule has 0 unspecified atom stereocenters. The van der Waals surface area contributed by atoms with Crippen LogP contribution in [-0.2, 0) is 19.5 Å². The molecule has 0 bridgehead atoms. The SMILES string of the molecule is O=C(NCCN1CCc2ccccc2C1)c1ccc2c(c1)N(Cc1ccc(F)cc1Cl)C(=O)c1ccccc1S2. The second kappa shape index (κ2) is 11.5. The Balaban J connectivity index is 1.22. The van der Waals surface area contributed by atoms with Crippen LogP contribution in [0.4, 0.5) is 10.1 Å². The van der Waals surface area contributed by atoms with Gasteiger partial charge in [-0.25, -0.2) is 4.39 Å². The summed E-state index contributed by atoms with van der Waals surface area (Å²) in [5, 5.41) is 3.29. The van der Waals surface area contributed by atoms with Gasteiger partial charge in [-0.3, -0.25) is 14.5 Å². The van der Waals surface area contributed by atoms with Gasteiger partial charge in [0.15, 0.2) is 0 Å². The Morgan fingerprint density at radius 3 is 2.60 bits per heavy atom. The number of rotatable bonds is 6. The number of carbonyl (C=O) groups excluding carboxylic acids is 2. The lowest BCUT2D eigenvalue weighted by Gasteiger charge is -2.28. The Morgan fingerprint density at radius 2 is 1.75 bits per heavy atom. The molecule has 4 aromatic carbocycles.